The van der Waals surface area contributed by atoms with E-state index < -0.39 is 17.9 Å². The Morgan fingerprint density at radius 3 is 2.45 bits per heavy atom. The number of rotatable bonds is 1. The molecule has 0 amide bonds. The Hall–Kier alpha value is -0.770. The summed E-state index contributed by atoms with van der Waals surface area (Å²) in [5.41, 5.74) is -0.839. The highest BCUT2D eigenvalue weighted by Crippen LogP contribution is 2.27. The second kappa shape index (κ2) is 3.09. The van der Waals surface area contributed by atoms with Crippen LogP contribution in [0.3, 0.4) is 0 Å². The van der Waals surface area contributed by atoms with Crippen molar-refractivity contribution in [2.45, 2.75) is 6.43 Å². The van der Waals surface area contributed by atoms with Crippen LogP contribution in [-0.4, -0.2) is 4.98 Å². The van der Waals surface area contributed by atoms with E-state index in [1.807, 2.05) is 0 Å². The van der Waals surface area contributed by atoms with Crippen molar-refractivity contribution < 1.29 is 13.2 Å². The van der Waals surface area contributed by atoms with Crippen LogP contribution >= 0.6 is 11.6 Å². The number of halogens is 4. The third-order valence-corrected chi connectivity index (χ3v) is 1.44. The molecule has 0 aliphatic rings. The summed E-state index contributed by atoms with van der Waals surface area (Å²) in [6.45, 7) is 0. The van der Waals surface area contributed by atoms with Crippen molar-refractivity contribution >= 4 is 11.6 Å². The zero-order valence-corrected chi connectivity index (χ0v) is 5.95. The molecule has 0 aliphatic carbocycles. The van der Waals surface area contributed by atoms with Crippen molar-refractivity contribution in [1.29, 1.82) is 0 Å². The first kappa shape index (κ1) is 8.33. The lowest BCUT2D eigenvalue weighted by Crippen LogP contribution is -1.94. The van der Waals surface area contributed by atoms with Crippen LogP contribution in [0.25, 0.3) is 0 Å². The van der Waals surface area contributed by atoms with Crippen LogP contribution in [0.1, 0.15) is 12.0 Å². The van der Waals surface area contributed by atoms with Crippen molar-refractivity contribution in [2.24, 2.45) is 0 Å². The van der Waals surface area contributed by atoms with Crippen LogP contribution in [0.2, 0.25) is 5.02 Å². The SMILES string of the molecule is Fc1nccc(Cl)c1C(F)F. The molecule has 0 radical (unpaired) electrons. The highest BCUT2D eigenvalue weighted by Gasteiger charge is 2.17. The summed E-state index contributed by atoms with van der Waals surface area (Å²) in [6, 6.07) is 1.12. The topological polar surface area (TPSA) is 12.9 Å². The number of nitrogens with zero attached hydrogens (tertiary/aromatic N) is 1. The molecule has 0 saturated heterocycles. The molecule has 60 valence electrons. The molecule has 0 aromatic carbocycles. The summed E-state index contributed by atoms with van der Waals surface area (Å²) < 4.78 is 36.3. The number of pyridine rings is 1. The van der Waals surface area contributed by atoms with Gasteiger partial charge in [-0.3, -0.25) is 0 Å². The van der Waals surface area contributed by atoms with Crippen LogP contribution in [0, 0.1) is 5.95 Å². The average molecular weight is 182 g/mol. The smallest absolute Gasteiger partial charge is 0.228 e. The first-order valence-corrected chi connectivity index (χ1v) is 3.08. The van der Waals surface area contributed by atoms with Gasteiger partial charge in [0.2, 0.25) is 5.95 Å². The minimum atomic E-state index is -2.92. The van der Waals surface area contributed by atoms with Gasteiger partial charge in [0.05, 0.1) is 10.6 Å². The summed E-state index contributed by atoms with van der Waals surface area (Å²) in [4.78, 5) is 3.03. The minimum absolute atomic E-state index is 0.299. The van der Waals surface area contributed by atoms with E-state index in [1.54, 1.807) is 0 Å². The molecule has 1 aromatic rings. The fraction of sp³-hybridized carbons (Fsp3) is 0.167. The van der Waals surface area contributed by atoms with E-state index in [9.17, 15) is 13.2 Å². The third kappa shape index (κ3) is 1.63. The van der Waals surface area contributed by atoms with Crippen molar-refractivity contribution in [1.82, 2.24) is 4.98 Å². The molecule has 1 nitrogen and oxygen atoms in total. The van der Waals surface area contributed by atoms with Gasteiger partial charge in [-0.15, -0.1) is 0 Å². The van der Waals surface area contributed by atoms with Gasteiger partial charge < -0.3 is 0 Å². The summed E-state index contributed by atoms with van der Waals surface area (Å²) in [5.74, 6) is -1.22. The van der Waals surface area contributed by atoms with Crippen molar-refractivity contribution in [3.05, 3.63) is 28.8 Å². The van der Waals surface area contributed by atoms with Crippen molar-refractivity contribution in [3.63, 3.8) is 0 Å². The zero-order chi connectivity index (χ0) is 8.43. The summed E-state index contributed by atoms with van der Waals surface area (Å²) >= 11 is 5.26. The molecule has 0 spiro atoms. The first-order chi connectivity index (χ1) is 5.13. The van der Waals surface area contributed by atoms with E-state index in [-0.39, 0.29) is 5.02 Å². The molecular formula is C6H3ClF3N. The highest BCUT2D eigenvalue weighted by molar-refractivity contribution is 6.31. The molecule has 0 bridgehead atoms. The quantitative estimate of drug-likeness (QED) is 0.607. The average Bonchev–Trinajstić information content (AvgIpc) is 1.85. The second-order valence-corrected chi connectivity index (χ2v) is 2.21. The van der Waals surface area contributed by atoms with E-state index >= 15 is 0 Å². The van der Waals surface area contributed by atoms with E-state index in [1.165, 1.54) is 0 Å². The number of alkyl halides is 2. The van der Waals surface area contributed by atoms with Crippen LogP contribution in [0.5, 0.6) is 0 Å². The molecule has 0 unspecified atom stereocenters. The molecule has 0 aliphatic heterocycles. The molecule has 11 heavy (non-hydrogen) atoms. The van der Waals surface area contributed by atoms with E-state index in [0.717, 1.165) is 12.3 Å². The zero-order valence-electron chi connectivity index (χ0n) is 5.19. The number of hydrogen-bond donors (Lipinski definition) is 0. The monoisotopic (exact) mass is 181 g/mol. The highest BCUT2D eigenvalue weighted by atomic mass is 35.5. The first-order valence-electron chi connectivity index (χ1n) is 2.71. The fourth-order valence-electron chi connectivity index (χ4n) is 0.620. The van der Waals surface area contributed by atoms with E-state index in [4.69, 9.17) is 11.6 Å². The standard InChI is InChI=1S/C6H3ClF3N/c7-3-1-2-11-6(10)4(3)5(8)9/h1-2,5H. The molecule has 5 heteroatoms. The van der Waals surface area contributed by atoms with Gasteiger partial charge in [-0.1, -0.05) is 11.6 Å². The van der Waals surface area contributed by atoms with Gasteiger partial charge in [0.1, 0.15) is 0 Å². The summed E-state index contributed by atoms with van der Waals surface area (Å²) in [6.07, 6.45) is -1.89. The Bertz CT molecular complexity index is 244. The molecule has 1 heterocycles. The third-order valence-electron chi connectivity index (χ3n) is 1.11. The second-order valence-electron chi connectivity index (χ2n) is 1.80. The minimum Gasteiger partial charge on any atom is -0.228 e. The van der Waals surface area contributed by atoms with Gasteiger partial charge in [0, 0.05) is 6.20 Å². The molecule has 1 rings (SSSR count). The van der Waals surface area contributed by atoms with Gasteiger partial charge in [0.25, 0.3) is 6.43 Å². The van der Waals surface area contributed by atoms with E-state index in [2.05, 4.69) is 4.98 Å². The van der Waals surface area contributed by atoms with Crippen molar-refractivity contribution in [2.75, 3.05) is 0 Å². The van der Waals surface area contributed by atoms with Crippen LogP contribution in [0.4, 0.5) is 13.2 Å². The maximum atomic E-state index is 12.4. The van der Waals surface area contributed by atoms with Gasteiger partial charge in [0.15, 0.2) is 0 Å². The largest absolute Gasteiger partial charge is 0.269 e. The fourth-order valence-corrected chi connectivity index (χ4v) is 0.837. The maximum Gasteiger partial charge on any atom is 0.269 e. The normalized spacial score (nSPS) is 10.6. The molecular weight excluding hydrogens is 179 g/mol. The van der Waals surface area contributed by atoms with Crippen molar-refractivity contribution in [3.8, 4) is 0 Å². The predicted molar refractivity (Wildman–Crippen MR) is 34.2 cm³/mol. The Morgan fingerprint density at radius 2 is 2.09 bits per heavy atom. The predicted octanol–water partition coefficient (Wildman–Crippen LogP) is 2.81. The lowest BCUT2D eigenvalue weighted by atomic mass is 10.3. The summed E-state index contributed by atoms with van der Waals surface area (Å²) in [7, 11) is 0. The Balaban J connectivity index is 3.21. The Morgan fingerprint density at radius 1 is 1.45 bits per heavy atom. The maximum absolute atomic E-state index is 12.4. The van der Waals surface area contributed by atoms with E-state index in [0.29, 0.717) is 0 Å². The van der Waals surface area contributed by atoms with Crippen LogP contribution < -0.4 is 0 Å². The molecule has 0 atom stereocenters. The number of hydrogen-bond acceptors (Lipinski definition) is 1. The Labute approximate surface area is 65.8 Å². The number of aromatic nitrogens is 1. The molecule has 1 aromatic heterocycles. The summed E-state index contributed by atoms with van der Waals surface area (Å²) in [5, 5.41) is -0.299. The van der Waals surface area contributed by atoms with Crippen LogP contribution in [-0.2, 0) is 0 Å². The molecule has 0 saturated carbocycles. The molecule has 0 fully saturated rings. The van der Waals surface area contributed by atoms with Gasteiger partial charge in [-0.25, -0.2) is 13.8 Å². The lowest BCUT2D eigenvalue weighted by molar-refractivity contribution is 0.145. The lowest BCUT2D eigenvalue weighted by Gasteiger charge is -2.01. The van der Waals surface area contributed by atoms with Gasteiger partial charge >= 0.3 is 0 Å². The molecule has 0 N–H and O–H groups in total. The van der Waals surface area contributed by atoms with Gasteiger partial charge in [-0.2, -0.15) is 4.39 Å². The Kier molecular flexibility index (Phi) is 2.34. The van der Waals surface area contributed by atoms with Gasteiger partial charge in [-0.05, 0) is 6.07 Å². The van der Waals surface area contributed by atoms with Crippen LogP contribution in [0.15, 0.2) is 12.3 Å².